The van der Waals surface area contributed by atoms with Crippen LogP contribution in [-0.2, 0) is 16.1 Å². The molecule has 1 aromatic carbocycles. The van der Waals surface area contributed by atoms with Gasteiger partial charge >= 0.3 is 0 Å². The number of benzene rings is 1. The fourth-order valence-electron chi connectivity index (χ4n) is 2.36. The minimum atomic E-state index is -0.101. The first kappa shape index (κ1) is 14.8. The quantitative estimate of drug-likeness (QED) is 0.849. The Morgan fingerprint density at radius 2 is 2.30 bits per heavy atom. The maximum absolute atomic E-state index is 11.9. The molecule has 1 aromatic rings. The van der Waals surface area contributed by atoms with Crippen molar-refractivity contribution in [2.75, 3.05) is 13.2 Å². The van der Waals surface area contributed by atoms with Crippen LogP contribution in [0.4, 0.5) is 0 Å². The summed E-state index contributed by atoms with van der Waals surface area (Å²) in [5, 5.41) is 2.98. The SMILES string of the molecule is CC1CC(NC(=O)COc2ccccc2CN)CCO1. The average molecular weight is 278 g/mol. The minimum Gasteiger partial charge on any atom is -0.483 e. The fraction of sp³-hybridized carbons (Fsp3) is 0.533. The zero-order valence-corrected chi connectivity index (χ0v) is 11.8. The number of rotatable bonds is 5. The summed E-state index contributed by atoms with van der Waals surface area (Å²) in [7, 11) is 0. The number of nitrogens with two attached hydrogens (primary N) is 1. The van der Waals surface area contributed by atoms with Crippen LogP contribution in [0.1, 0.15) is 25.3 Å². The second kappa shape index (κ2) is 7.26. The van der Waals surface area contributed by atoms with E-state index in [9.17, 15) is 4.79 Å². The smallest absolute Gasteiger partial charge is 0.258 e. The average Bonchev–Trinajstić information content (AvgIpc) is 2.45. The second-order valence-corrected chi connectivity index (χ2v) is 5.07. The van der Waals surface area contributed by atoms with Gasteiger partial charge in [0, 0.05) is 24.8 Å². The largest absolute Gasteiger partial charge is 0.483 e. The van der Waals surface area contributed by atoms with Crippen LogP contribution in [0.25, 0.3) is 0 Å². The predicted molar refractivity (Wildman–Crippen MR) is 76.4 cm³/mol. The number of ether oxygens (including phenoxy) is 2. The fourth-order valence-corrected chi connectivity index (χ4v) is 2.36. The van der Waals surface area contributed by atoms with Gasteiger partial charge in [0.15, 0.2) is 6.61 Å². The van der Waals surface area contributed by atoms with E-state index in [1.807, 2.05) is 31.2 Å². The highest BCUT2D eigenvalue weighted by Gasteiger charge is 2.20. The van der Waals surface area contributed by atoms with Crippen LogP contribution in [0.3, 0.4) is 0 Å². The summed E-state index contributed by atoms with van der Waals surface area (Å²) in [5.74, 6) is 0.571. The topological polar surface area (TPSA) is 73.6 Å². The monoisotopic (exact) mass is 278 g/mol. The van der Waals surface area contributed by atoms with E-state index in [1.54, 1.807) is 0 Å². The molecule has 0 saturated carbocycles. The highest BCUT2D eigenvalue weighted by molar-refractivity contribution is 5.77. The van der Waals surface area contributed by atoms with Gasteiger partial charge in [0.1, 0.15) is 5.75 Å². The first-order valence-electron chi connectivity index (χ1n) is 7.00. The van der Waals surface area contributed by atoms with Crippen molar-refractivity contribution in [2.24, 2.45) is 5.73 Å². The van der Waals surface area contributed by atoms with Crippen molar-refractivity contribution in [1.82, 2.24) is 5.32 Å². The number of carbonyl (C=O) groups is 1. The van der Waals surface area contributed by atoms with Crippen LogP contribution < -0.4 is 15.8 Å². The van der Waals surface area contributed by atoms with Crippen molar-refractivity contribution in [1.29, 1.82) is 0 Å². The Hall–Kier alpha value is -1.59. The van der Waals surface area contributed by atoms with E-state index in [0.29, 0.717) is 18.9 Å². The number of hydrogen-bond acceptors (Lipinski definition) is 4. The van der Waals surface area contributed by atoms with Crippen LogP contribution in [0.2, 0.25) is 0 Å². The number of amides is 1. The van der Waals surface area contributed by atoms with Gasteiger partial charge < -0.3 is 20.5 Å². The lowest BCUT2D eigenvalue weighted by molar-refractivity contribution is -0.124. The molecule has 0 aromatic heterocycles. The summed E-state index contributed by atoms with van der Waals surface area (Å²) in [6, 6.07) is 7.67. The van der Waals surface area contributed by atoms with Gasteiger partial charge in [-0.25, -0.2) is 0 Å². The van der Waals surface area contributed by atoms with Crippen LogP contribution in [0.5, 0.6) is 5.75 Å². The normalized spacial score (nSPS) is 22.3. The Kier molecular flexibility index (Phi) is 5.38. The first-order chi connectivity index (χ1) is 9.69. The summed E-state index contributed by atoms with van der Waals surface area (Å²) in [6.07, 6.45) is 1.91. The molecule has 20 heavy (non-hydrogen) atoms. The lowest BCUT2D eigenvalue weighted by atomic mass is 10.0. The van der Waals surface area contributed by atoms with E-state index in [0.717, 1.165) is 18.4 Å². The molecule has 1 heterocycles. The Bertz CT molecular complexity index is 450. The van der Waals surface area contributed by atoms with Gasteiger partial charge in [-0.05, 0) is 25.8 Å². The zero-order valence-electron chi connectivity index (χ0n) is 11.8. The Balaban J connectivity index is 1.80. The Morgan fingerprint density at radius 3 is 3.05 bits per heavy atom. The molecular formula is C15H22N2O3. The van der Waals surface area contributed by atoms with Crippen LogP contribution in [0, 0.1) is 0 Å². The summed E-state index contributed by atoms with van der Waals surface area (Å²) in [4.78, 5) is 11.9. The molecule has 2 atom stereocenters. The second-order valence-electron chi connectivity index (χ2n) is 5.07. The van der Waals surface area contributed by atoms with Crippen molar-refractivity contribution >= 4 is 5.91 Å². The van der Waals surface area contributed by atoms with Crippen molar-refractivity contribution in [3.8, 4) is 5.75 Å². The van der Waals surface area contributed by atoms with Crippen molar-refractivity contribution in [3.05, 3.63) is 29.8 Å². The molecule has 2 rings (SSSR count). The third kappa shape index (κ3) is 4.21. The number of para-hydroxylation sites is 1. The van der Waals surface area contributed by atoms with Crippen molar-refractivity contribution in [2.45, 2.75) is 38.5 Å². The van der Waals surface area contributed by atoms with E-state index >= 15 is 0 Å². The van der Waals surface area contributed by atoms with Crippen molar-refractivity contribution in [3.63, 3.8) is 0 Å². The van der Waals surface area contributed by atoms with Crippen LogP contribution >= 0.6 is 0 Å². The Morgan fingerprint density at radius 1 is 1.50 bits per heavy atom. The van der Waals surface area contributed by atoms with E-state index < -0.39 is 0 Å². The predicted octanol–water partition coefficient (Wildman–Crippen LogP) is 1.21. The molecule has 0 bridgehead atoms. The van der Waals surface area contributed by atoms with E-state index in [2.05, 4.69) is 5.32 Å². The highest BCUT2D eigenvalue weighted by atomic mass is 16.5. The van der Waals surface area contributed by atoms with Crippen LogP contribution in [-0.4, -0.2) is 31.3 Å². The molecule has 1 fully saturated rings. The van der Waals surface area contributed by atoms with Crippen molar-refractivity contribution < 1.29 is 14.3 Å². The standard InChI is InChI=1S/C15H22N2O3/c1-11-8-13(6-7-19-11)17-15(18)10-20-14-5-3-2-4-12(14)9-16/h2-5,11,13H,6-10,16H2,1H3,(H,17,18). The lowest BCUT2D eigenvalue weighted by Crippen LogP contribution is -2.43. The Labute approximate surface area is 119 Å². The molecule has 5 heteroatoms. The molecule has 0 spiro atoms. The van der Waals surface area contributed by atoms with E-state index in [-0.39, 0.29) is 24.7 Å². The lowest BCUT2D eigenvalue weighted by Gasteiger charge is -2.27. The molecule has 1 amide bonds. The molecule has 0 aliphatic carbocycles. The molecule has 2 unspecified atom stereocenters. The number of hydrogen-bond donors (Lipinski definition) is 2. The van der Waals surface area contributed by atoms with Gasteiger partial charge in [-0.3, -0.25) is 4.79 Å². The van der Waals surface area contributed by atoms with Gasteiger partial charge in [0.05, 0.1) is 6.10 Å². The molecule has 0 radical (unpaired) electrons. The third-order valence-electron chi connectivity index (χ3n) is 3.40. The minimum absolute atomic E-state index is 0.0166. The van der Waals surface area contributed by atoms with E-state index in [1.165, 1.54) is 0 Å². The zero-order chi connectivity index (χ0) is 14.4. The molecule has 110 valence electrons. The van der Waals surface area contributed by atoms with Gasteiger partial charge in [0.25, 0.3) is 5.91 Å². The molecular weight excluding hydrogens is 256 g/mol. The van der Waals surface area contributed by atoms with Gasteiger partial charge in [-0.2, -0.15) is 0 Å². The highest BCUT2D eigenvalue weighted by Crippen LogP contribution is 2.17. The molecule has 5 nitrogen and oxygen atoms in total. The van der Waals surface area contributed by atoms with E-state index in [4.69, 9.17) is 15.2 Å². The van der Waals surface area contributed by atoms with Gasteiger partial charge in [-0.15, -0.1) is 0 Å². The summed E-state index contributed by atoms with van der Waals surface area (Å²) in [6.45, 7) is 3.13. The number of carbonyl (C=O) groups excluding carboxylic acids is 1. The molecule has 1 saturated heterocycles. The molecule has 1 aliphatic heterocycles. The first-order valence-corrected chi connectivity index (χ1v) is 7.00. The maximum Gasteiger partial charge on any atom is 0.258 e. The third-order valence-corrected chi connectivity index (χ3v) is 3.40. The van der Waals surface area contributed by atoms with Gasteiger partial charge in [0.2, 0.25) is 0 Å². The molecule has 3 N–H and O–H groups in total. The molecule has 1 aliphatic rings. The number of nitrogens with one attached hydrogen (secondary N) is 1. The summed E-state index contributed by atoms with van der Waals surface area (Å²) < 4.78 is 11.0. The maximum atomic E-state index is 11.9. The summed E-state index contributed by atoms with van der Waals surface area (Å²) >= 11 is 0. The van der Waals surface area contributed by atoms with Gasteiger partial charge in [-0.1, -0.05) is 18.2 Å². The summed E-state index contributed by atoms with van der Waals surface area (Å²) in [5.41, 5.74) is 6.53. The van der Waals surface area contributed by atoms with Crippen LogP contribution in [0.15, 0.2) is 24.3 Å².